The van der Waals surface area contributed by atoms with E-state index in [9.17, 15) is 13.2 Å². The molecule has 0 aliphatic heterocycles. The lowest BCUT2D eigenvalue weighted by molar-refractivity contribution is 0.0920. The van der Waals surface area contributed by atoms with Gasteiger partial charge >= 0.3 is 0 Å². The first-order valence-corrected chi connectivity index (χ1v) is 9.60. The molecule has 0 heterocycles. The molecule has 26 heavy (non-hydrogen) atoms. The molecule has 0 radical (unpaired) electrons. The fourth-order valence-electron chi connectivity index (χ4n) is 2.26. The van der Waals surface area contributed by atoms with Gasteiger partial charge in [-0.2, -0.15) is 0 Å². The van der Waals surface area contributed by atoms with Gasteiger partial charge in [0.2, 0.25) is 0 Å². The van der Waals surface area contributed by atoms with Crippen LogP contribution in [0.3, 0.4) is 0 Å². The second kappa shape index (κ2) is 7.37. The van der Waals surface area contributed by atoms with Crippen LogP contribution in [0.25, 0.3) is 0 Å². The molecule has 140 valence electrons. The molecular weight excluding hydrogens is 352 g/mol. The van der Waals surface area contributed by atoms with Crippen LogP contribution in [0.2, 0.25) is 0 Å². The van der Waals surface area contributed by atoms with Crippen LogP contribution in [0.1, 0.15) is 36.7 Å². The number of benzene rings is 2. The zero-order valence-electron chi connectivity index (χ0n) is 15.6. The molecular formula is C19H24N2O4S. The minimum atomic E-state index is -3.84. The van der Waals surface area contributed by atoms with E-state index in [-0.39, 0.29) is 22.1 Å². The Morgan fingerprint density at radius 2 is 1.65 bits per heavy atom. The molecule has 6 nitrogen and oxygen atoms in total. The predicted octanol–water partition coefficient (Wildman–Crippen LogP) is 3.33. The van der Waals surface area contributed by atoms with E-state index < -0.39 is 15.6 Å². The summed E-state index contributed by atoms with van der Waals surface area (Å²) in [5.41, 5.74) is 0.878. The molecule has 0 aromatic heterocycles. The molecule has 1 amide bonds. The second-order valence-electron chi connectivity index (χ2n) is 7.03. The fraction of sp³-hybridized carbons (Fsp3) is 0.316. The number of carbonyl (C=O) groups excluding carboxylic acids is 1. The van der Waals surface area contributed by atoms with Crippen LogP contribution in [-0.2, 0) is 10.0 Å². The largest absolute Gasteiger partial charge is 0.497 e. The summed E-state index contributed by atoms with van der Waals surface area (Å²) in [5, 5.41) is 2.83. The van der Waals surface area contributed by atoms with Crippen molar-refractivity contribution >= 4 is 21.6 Å². The second-order valence-corrected chi connectivity index (χ2v) is 8.72. The Labute approximate surface area is 154 Å². The Hall–Kier alpha value is -2.54. The predicted molar refractivity (Wildman–Crippen MR) is 102 cm³/mol. The highest BCUT2D eigenvalue weighted by molar-refractivity contribution is 7.92. The summed E-state index contributed by atoms with van der Waals surface area (Å²) in [4.78, 5) is 12.7. The van der Waals surface area contributed by atoms with Crippen LogP contribution in [0.15, 0.2) is 47.4 Å². The van der Waals surface area contributed by atoms with Crippen molar-refractivity contribution in [3.8, 4) is 5.75 Å². The van der Waals surface area contributed by atoms with Gasteiger partial charge in [-0.3, -0.25) is 9.52 Å². The molecule has 0 fully saturated rings. The van der Waals surface area contributed by atoms with Crippen molar-refractivity contribution in [2.45, 2.75) is 38.1 Å². The highest BCUT2D eigenvalue weighted by Gasteiger charge is 2.22. The third-order valence-corrected chi connectivity index (χ3v) is 4.92. The normalized spacial score (nSPS) is 11.7. The van der Waals surface area contributed by atoms with Gasteiger partial charge in [-0.25, -0.2) is 8.42 Å². The Morgan fingerprint density at radius 3 is 2.19 bits per heavy atom. The van der Waals surface area contributed by atoms with Crippen molar-refractivity contribution in [1.29, 1.82) is 0 Å². The number of methoxy groups -OCH3 is 1. The van der Waals surface area contributed by atoms with Crippen LogP contribution >= 0.6 is 0 Å². The summed E-state index contributed by atoms with van der Waals surface area (Å²) in [6, 6.07) is 11.1. The maximum atomic E-state index is 12.7. The van der Waals surface area contributed by atoms with Crippen molar-refractivity contribution in [3.63, 3.8) is 0 Å². The maximum Gasteiger partial charge on any atom is 0.261 e. The van der Waals surface area contributed by atoms with Crippen LogP contribution in [0.5, 0.6) is 5.75 Å². The molecule has 0 unspecified atom stereocenters. The summed E-state index contributed by atoms with van der Waals surface area (Å²) >= 11 is 0. The van der Waals surface area contributed by atoms with Crippen molar-refractivity contribution in [3.05, 3.63) is 53.6 Å². The average molecular weight is 376 g/mol. The Morgan fingerprint density at radius 1 is 1.04 bits per heavy atom. The van der Waals surface area contributed by atoms with Crippen molar-refractivity contribution < 1.29 is 17.9 Å². The van der Waals surface area contributed by atoms with Crippen LogP contribution in [-0.4, -0.2) is 27.0 Å². The van der Waals surface area contributed by atoms with E-state index in [1.54, 1.807) is 18.2 Å². The standard InChI is InChI=1S/C19H24N2O4S/c1-13-6-9-15(10-7-13)26(23,24)21-17-12-14(25-5)8-11-16(17)18(22)20-19(2,3)4/h6-12,21H,1-5H3,(H,20,22). The molecule has 2 N–H and O–H groups in total. The third kappa shape index (κ3) is 4.98. The smallest absolute Gasteiger partial charge is 0.261 e. The summed E-state index contributed by atoms with van der Waals surface area (Å²) in [6.45, 7) is 7.43. The average Bonchev–Trinajstić information content (AvgIpc) is 2.53. The summed E-state index contributed by atoms with van der Waals surface area (Å²) < 4.78 is 33.0. The van der Waals surface area contributed by atoms with E-state index in [1.807, 2.05) is 27.7 Å². The molecule has 0 aliphatic carbocycles. The Kier molecular flexibility index (Phi) is 5.61. The van der Waals surface area contributed by atoms with Crippen LogP contribution in [0.4, 0.5) is 5.69 Å². The summed E-state index contributed by atoms with van der Waals surface area (Å²) in [5.74, 6) is 0.0701. The van der Waals surface area contributed by atoms with Gasteiger partial charge in [0.05, 0.1) is 23.3 Å². The number of hydrogen-bond acceptors (Lipinski definition) is 4. The maximum absolute atomic E-state index is 12.7. The molecule has 0 saturated heterocycles. The van der Waals surface area contributed by atoms with Gasteiger partial charge in [-0.05, 0) is 52.0 Å². The highest BCUT2D eigenvalue weighted by atomic mass is 32.2. The SMILES string of the molecule is COc1ccc(C(=O)NC(C)(C)C)c(NS(=O)(=O)c2ccc(C)cc2)c1. The van der Waals surface area contributed by atoms with Crippen molar-refractivity contribution in [1.82, 2.24) is 5.32 Å². The summed E-state index contributed by atoms with van der Waals surface area (Å²) in [6.07, 6.45) is 0. The summed E-state index contributed by atoms with van der Waals surface area (Å²) in [7, 11) is -2.37. The molecule has 7 heteroatoms. The minimum Gasteiger partial charge on any atom is -0.497 e. The van der Waals surface area contributed by atoms with E-state index >= 15 is 0 Å². The highest BCUT2D eigenvalue weighted by Crippen LogP contribution is 2.26. The lowest BCUT2D eigenvalue weighted by Gasteiger charge is -2.22. The van der Waals surface area contributed by atoms with Gasteiger partial charge < -0.3 is 10.1 Å². The van der Waals surface area contributed by atoms with Crippen molar-refractivity contribution in [2.75, 3.05) is 11.8 Å². The van der Waals surface area contributed by atoms with Gasteiger partial charge in [-0.1, -0.05) is 17.7 Å². The first-order valence-electron chi connectivity index (χ1n) is 8.12. The zero-order valence-corrected chi connectivity index (χ0v) is 16.4. The van der Waals surface area contributed by atoms with Gasteiger partial charge in [0, 0.05) is 11.6 Å². The van der Waals surface area contributed by atoms with Gasteiger partial charge in [0.15, 0.2) is 0 Å². The zero-order chi connectivity index (χ0) is 19.5. The van der Waals surface area contributed by atoms with Gasteiger partial charge in [-0.15, -0.1) is 0 Å². The van der Waals surface area contributed by atoms with E-state index in [2.05, 4.69) is 10.0 Å². The molecule has 2 aromatic rings. The first-order chi connectivity index (χ1) is 12.0. The number of nitrogens with one attached hydrogen (secondary N) is 2. The monoisotopic (exact) mass is 376 g/mol. The van der Waals surface area contributed by atoms with E-state index in [0.717, 1.165) is 5.56 Å². The van der Waals surface area contributed by atoms with E-state index in [4.69, 9.17) is 4.74 Å². The molecule has 0 atom stereocenters. The fourth-order valence-corrected chi connectivity index (χ4v) is 3.33. The minimum absolute atomic E-state index is 0.119. The van der Waals surface area contributed by atoms with Gasteiger partial charge in [0.25, 0.3) is 15.9 Å². The Balaban J connectivity index is 2.43. The number of anilines is 1. The quantitative estimate of drug-likeness (QED) is 0.838. The van der Waals surface area contributed by atoms with E-state index in [1.165, 1.54) is 31.4 Å². The van der Waals surface area contributed by atoms with E-state index in [0.29, 0.717) is 5.75 Å². The van der Waals surface area contributed by atoms with Gasteiger partial charge in [0.1, 0.15) is 5.75 Å². The topological polar surface area (TPSA) is 84.5 Å². The van der Waals surface area contributed by atoms with Crippen molar-refractivity contribution in [2.24, 2.45) is 0 Å². The number of ether oxygens (including phenoxy) is 1. The van der Waals surface area contributed by atoms with Crippen LogP contribution in [0, 0.1) is 6.92 Å². The number of hydrogen-bond donors (Lipinski definition) is 2. The van der Waals surface area contributed by atoms with Crippen LogP contribution < -0.4 is 14.8 Å². The first kappa shape index (κ1) is 19.8. The number of sulfonamides is 1. The Bertz CT molecular complexity index is 898. The number of carbonyl (C=O) groups is 1. The molecule has 0 bridgehead atoms. The lowest BCUT2D eigenvalue weighted by Crippen LogP contribution is -2.40. The number of aryl methyl sites for hydroxylation is 1. The molecule has 0 aliphatic rings. The molecule has 2 rings (SSSR count). The number of rotatable bonds is 5. The molecule has 0 spiro atoms. The third-order valence-electron chi connectivity index (χ3n) is 3.54. The molecule has 0 saturated carbocycles. The number of amides is 1. The lowest BCUT2D eigenvalue weighted by atomic mass is 10.1. The molecule has 2 aromatic carbocycles.